The second kappa shape index (κ2) is 8.56. The first-order valence-corrected chi connectivity index (χ1v) is 3.47. The van der Waals surface area contributed by atoms with Crippen LogP contribution in [0.1, 0.15) is 21.8 Å². The van der Waals surface area contributed by atoms with E-state index >= 15 is 0 Å². The molecule has 0 spiro atoms. The Morgan fingerprint density at radius 3 is 2.18 bits per heavy atom. The fourth-order valence-corrected chi connectivity index (χ4v) is 0.933. The van der Waals surface area contributed by atoms with Crippen LogP contribution < -0.4 is 0 Å². The van der Waals surface area contributed by atoms with Crippen molar-refractivity contribution in [3.05, 3.63) is 35.9 Å². The summed E-state index contributed by atoms with van der Waals surface area (Å²) in [6.45, 7) is 2.20. The number of halogens is 1. The second-order valence-electron chi connectivity index (χ2n) is 2.24. The Morgan fingerprint density at radius 2 is 1.73 bits per heavy atom. The summed E-state index contributed by atoms with van der Waals surface area (Å²) in [5.74, 6) is 0. The summed E-state index contributed by atoms with van der Waals surface area (Å²) >= 11 is 0. The van der Waals surface area contributed by atoms with Crippen molar-refractivity contribution in [2.24, 2.45) is 0 Å². The molecule has 1 rings (SSSR count). The molecular weight excluding hydrogens is 212 g/mol. The van der Waals surface area contributed by atoms with E-state index in [9.17, 15) is 0 Å². The van der Waals surface area contributed by atoms with Crippen molar-refractivity contribution in [2.75, 3.05) is 0 Å². The van der Waals surface area contributed by atoms with Gasteiger partial charge in [0.2, 0.25) is 0 Å². The number of rotatable bonds is 2. The van der Waals surface area contributed by atoms with Gasteiger partial charge in [0.15, 0.2) is 0 Å². The largest absolute Gasteiger partial charge is 2.00 e. The molecule has 0 heterocycles. The smallest absolute Gasteiger partial charge is 1.00 e. The SMILES string of the molecule is Br.CCCc1ccccc1.[H-].[H-].[Mg+2]. The van der Waals surface area contributed by atoms with Gasteiger partial charge in [0.1, 0.15) is 0 Å². The Bertz CT molecular complexity index is 171. The van der Waals surface area contributed by atoms with Crippen molar-refractivity contribution >= 4 is 40.0 Å². The van der Waals surface area contributed by atoms with E-state index in [4.69, 9.17) is 0 Å². The van der Waals surface area contributed by atoms with Crippen LogP contribution in [0.5, 0.6) is 0 Å². The third-order valence-electron chi connectivity index (χ3n) is 1.38. The summed E-state index contributed by atoms with van der Waals surface area (Å²) in [7, 11) is 0. The Balaban J connectivity index is -0.000000101. The molecule has 1 aromatic carbocycles. The molecular formula is C9H15BrMg. The maximum absolute atomic E-state index is 2.20. The van der Waals surface area contributed by atoms with E-state index < -0.39 is 0 Å². The van der Waals surface area contributed by atoms with Crippen molar-refractivity contribution < 1.29 is 2.85 Å². The summed E-state index contributed by atoms with van der Waals surface area (Å²) in [5, 5.41) is 0. The first kappa shape index (κ1) is 14.0. The van der Waals surface area contributed by atoms with Gasteiger partial charge in [0.05, 0.1) is 0 Å². The molecule has 0 aliphatic heterocycles. The van der Waals surface area contributed by atoms with Gasteiger partial charge < -0.3 is 2.85 Å². The van der Waals surface area contributed by atoms with Crippen LogP contribution in [0.4, 0.5) is 0 Å². The number of benzene rings is 1. The normalized spacial score (nSPS) is 7.73. The predicted molar refractivity (Wildman–Crippen MR) is 58.7 cm³/mol. The molecule has 0 unspecified atom stereocenters. The van der Waals surface area contributed by atoms with Crippen LogP contribution in [0.25, 0.3) is 0 Å². The molecule has 0 saturated carbocycles. The van der Waals surface area contributed by atoms with Crippen LogP contribution in [0.15, 0.2) is 30.3 Å². The minimum absolute atomic E-state index is 0. The molecule has 0 nitrogen and oxygen atoms in total. The van der Waals surface area contributed by atoms with Gasteiger partial charge in [-0.3, -0.25) is 0 Å². The first-order chi connectivity index (χ1) is 4.43. The van der Waals surface area contributed by atoms with Crippen LogP contribution >= 0.6 is 17.0 Å². The van der Waals surface area contributed by atoms with Gasteiger partial charge in [0.25, 0.3) is 0 Å². The Hall–Kier alpha value is 0.466. The number of aryl methyl sites for hydroxylation is 1. The van der Waals surface area contributed by atoms with Crippen LogP contribution in [0.3, 0.4) is 0 Å². The van der Waals surface area contributed by atoms with Gasteiger partial charge in [-0.1, -0.05) is 43.7 Å². The van der Waals surface area contributed by atoms with Gasteiger partial charge in [-0.05, 0) is 12.0 Å². The van der Waals surface area contributed by atoms with Gasteiger partial charge in [-0.2, -0.15) is 0 Å². The summed E-state index contributed by atoms with van der Waals surface area (Å²) in [4.78, 5) is 0. The van der Waals surface area contributed by atoms with E-state index in [1.54, 1.807) is 0 Å². The Kier molecular flexibility index (Phi) is 10.9. The topological polar surface area (TPSA) is 0 Å². The van der Waals surface area contributed by atoms with E-state index in [0.29, 0.717) is 0 Å². The summed E-state index contributed by atoms with van der Waals surface area (Å²) in [6.07, 6.45) is 2.45. The standard InChI is InChI=1S/C9H12.BrH.Mg.2H/c1-2-6-9-7-4-3-5-8-9;;;;/h3-5,7-8H,2,6H2,1H3;1H;;;/q;;+2;2*-1. The number of hydrogen-bond acceptors (Lipinski definition) is 0. The van der Waals surface area contributed by atoms with Crippen LogP contribution in [-0.4, -0.2) is 23.1 Å². The van der Waals surface area contributed by atoms with Crippen LogP contribution in [-0.2, 0) is 6.42 Å². The van der Waals surface area contributed by atoms with Crippen LogP contribution in [0, 0.1) is 0 Å². The van der Waals surface area contributed by atoms with Gasteiger partial charge in [-0.15, -0.1) is 17.0 Å². The molecule has 1 aromatic rings. The van der Waals surface area contributed by atoms with Crippen molar-refractivity contribution in [3.8, 4) is 0 Å². The third-order valence-corrected chi connectivity index (χ3v) is 1.38. The molecule has 0 aromatic heterocycles. The van der Waals surface area contributed by atoms with Crippen molar-refractivity contribution in [3.63, 3.8) is 0 Å². The van der Waals surface area contributed by atoms with E-state index in [1.807, 2.05) is 0 Å². The summed E-state index contributed by atoms with van der Waals surface area (Å²) < 4.78 is 0. The van der Waals surface area contributed by atoms with Gasteiger partial charge in [-0.25, -0.2) is 0 Å². The zero-order chi connectivity index (χ0) is 6.53. The van der Waals surface area contributed by atoms with Gasteiger partial charge in [0, 0.05) is 0 Å². The van der Waals surface area contributed by atoms with Crippen molar-refractivity contribution in [1.29, 1.82) is 0 Å². The van der Waals surface area contributed by atoms with Crippen molar-refractivity contribution in [1.82, 2.24) is 0 Å². The molecule has 60 valence electrons. The minimum atomic E-state index is 0. The van der Waals surface area contributed by atoms with E-state index in [1.165, 1.54) is 18.4 Å². The molecule has 0 saturated heterocycles. The van der Waals surface area contributed by atoms with E-state index in [-0.39, 0.29) is 42.9 Å². The molecule has 0 fully saturated rings. The average molecular weight is 227 g/mol. The molecule has 0 amide bonds. The molecule has 0 aliphatic rings. The average Bonchev–Trinajstić information content (AvgIpc) is 1.91. The molecule has 0 N–H and O–H groups in total. The minimum Gasteiger partial charge on any atom is -1.00 e. The summed E-state index contributed by atoms with van der Waals surface area (Å²) in [6, 6.07) is 10.6. The zero-order valence-corrected chi connectivity index (χ0v) is 10.0. The molecule has 0 bridgehead atoms. The zero-order valence-electron chi connectivity index (χ0n) is 8.92. The Labute approximate surface area is 98.3 Å². The van der Waals surface area contributed by atoms with Crippen LogP contribution in [0.2, 0.25) is 0 Å². The molecule has 0 aliphatic carbocycles. The van der Waals surface area contributed by atoms with Crippen molar-refractivity contribution in [2.45, 2.75) is 19.8 Å². The third kappa shape index (κ3) is 5.71. The van der Waals surface area contributed by atoms with E-state index in [0.717, 1.165) is 0 Å². The fraction of sp³-hybridized carbons (Fsp3) is 0.333. The monoisotopic (exact) mass is 226 g/mol. The molecule has 0 atom stereocenters. The first-order valence-electron chi connectivity index (χ1n) is 3.47. The van der Waals surface area contributed by atoms with Gasteiger partial charge >= 0.3 is 23.1 Å². The van der Waals surface area contributed by atoms with E-state index in [2.05, 4.69) is 37.3 Å². The predicted octanol–water partition coefficient (Wildman–Crippen LogP) is 3.06. The maximum Gasteiger partial charge on any atom is 2.00 e. The maximum atomic E-state index is 2.20. The number of hydrogen-bond donors (Lipinski definition) is 0. The fourth-order valence-electron chi connectivity index (χ4n) is 0.933. The molecule has 0 radical (unpaired) electrons. The quantitative estimate of drug-likeness (QED) is 0.681. The molecule has 11 heavy (non-hydrogen) atoms. The second-order valence-corrected chi connectivity index (χ2v) is 2.24. The molecule has 2 heteroatoms. The summed E-state index contributed by atoms with van der Waals surface area (Å²) in [5.41, 5.74) is 1.44. The Morgan fingerprint density at radius 1 is 1.18 bits per heavy atom.